The zero-order valence-electron chi connectivity index (χ0n) is 11.8. The van der Waals surface area contributed by atoms with Crippen molar-refractivity contribution in [1.29, 1.82) is 0 Å². The average molecular weight is 404 g/mol. The van der Waals surface area contributed by atoms with Crippen LogP contribution in [0.5, 0.6) is 0 Å². The number of esters is 1. The predicted molar refractivity (Wildman–Crippen MR) is 85.7 cm³/mol. The van der Waals surface area contributed by atoms with Crippen molar-refractivity contribution in [3.63, 3.8) is 0 Å². The van der Waals surface area contributed by atoms with E-state index in [4.69, 9.17) is 4.74 Å². The maximum absolute atomic E-state index is 11.9. The van der Waals surface area contributed by atoms with E-state index in [0.717, 1.165) is 3.57 Å². The fraction of sp³-hybridized carbons (Fsp3) is 0.357. The van der Waals surface area contributed by atoms with E-state index in [9.17, 15) is 14.4 Å². The zero-order valence-corrected chi connectivity index (χ0v) is 14.0. The molecule has 0 radical (unpaired) electrons. The van der Waals surface area contributed by atoms with Crippen molar-refractivity contribution >= 4 is 40.4 Å². The van der Waals surface area contributed by atoms with Crippen LogP contribution in [0, 0.1) is 3.57 Å². The Kier molecular flexibility index (Phi) is 7.13. The van der Waals surface area contributed by atoms with Gasteiger partial charge in [0.2, 0.25) is 5.91 Å². The molecule has 2 amide bonds. The average Bonchev–Trinajstić information content (AvgIpc) is 2.42. The Bertz CT molecular complexity index is 531. The molecule has 0 aromatic heterocycles. The van der Waals surface area contributed by atoms with E-state index in [2.05, 4.69) is 10.6 Å². The summed E-state index contributed by atoms with van der Waals surface area (Å²) in [6, 6.07) is 7.05. The summed E-state index contributed by atoms with van der Waals surface area (Å²) in [5, 5.41) is 4.88. The molecular weight excluding hydrogens is 387 g/mol. The van der Waals surface area contributed by atoms with E-state index in [0.29, 0.717) is 5.56 Å². The summed E-state index contributed by atoms with van der Waals surface area (Å²) in [7, 11) is 0. The first-order valence-electron chi connectivity index (χ1n) is 6.39. The molecule has 6 nitrogen and oxygen atoms in total. The zero-order chi connectivity index (χ0) is 15.8. The number of carbonyl (C=O) groups is 3. The van der Waals surface area contributed by atoms with Gasteiger partial charge in [-0.05, 0) is 48.6 Å². The van der Waals surface area contributed by atoms with Gasteiger partial charge in [0.05, 0.1) is 18.2 Å². The molecule has 0 aliphatic heterocycles. The highest BCUT2D eigenvalue weighted by Crippen LogP contribution is 2.10. The van der Waals surface area contributed by atoms with Crippen molar-refractivity contribution in [2.75, 3.05) is 13.1 Å². The predicted octanol–water partition coefficient (Wildman–Crippen LogP) is 1.09. The van der Waals surface area contributed by atoms with Gasteiger partial charge in [-0.15, -0.1) is 0 Å². The molecule has 0 unspecified atom stereocenters. The molecule has 0 saturated carbocycles. The van der Waals surface area contributed by atoms with Gasteiger partial charge < -0.3 is 15.4 Å². The van der Waals surface area contributed by atoms with Crippen LogP contribution in [-0.2, 0) is 14.3 Å². The number of hydrogen-bond donors (Lipinski definition) is 2. The number of halogens is 1. The van der Waals surface area contributed by atoms with Gasteiger partial charge in [0.1, 0.15) is 6.54 Å². The number of carbonyl (C=O) groups excluding carboxylic acids is 3. The third-order valence-corrected chi connectivity index (χ3v) is 3.27. The summed E-state index contributed by atoms with van der Waals surface area (Å²) >= 11 is 2.05. The van der Waals surface area contributed by atoms with Crippen molar-refractivity contribution in [3.8, 4) is 0 Å². The minimum Gasteiger partial charge on any atom is -0.462 e. The van der Waals surface area contributed by atoms with Crippen LogP contribution in [-0.4, -0.2) is 37.0 Å². The number of ether oxygens (including phenoxy) is 1. The molecule has 114 valence electrons. The third kappa shape index (κ3) is 6.56. The summed E-state index contributed by atoms with van der Waals surface area (Å²) in [5.41, 5.74) is 0.505. The molecular formula is C14H17IN2O4. The summed E-state index contributed by atoms with van der Waals surface area (Å²) in [6.07, 6.45) is -0.228. The molecule has 0 fully saturated rings. The molecule has 0 aliphatic rings. The second kappa shape index (κ2) is 8.60. The minimum atomic E-state index is -0.512. The van der Waals surface area contributed by atoms with Crippen LogP contribution in [0.2, 0.25) is 0 Å². The van der Waals surface area contributed by atoms with Crippen LogP contribution in [0.15, 0.2) is 24.3 Å². The van der Waals surface area contributed by atoms with Gasteiger partial charge in [-0.1, -0.05) is 12.1 Å². The van der Waals surface area contributed by atoms with Crippen molar-refractivity contribution in [3.05, 3.63) is 33.4 Å². The second-order valence-electron chi connectivity index (χ2n) is 4.48. The molecule has 0 atom stereocenters. The smallest absolute Gasteiger partial charge is 0.325 e. The van der Waals surface area contributed by atoms with E-state index in [1.165, 1.54) is 0 Å². The highest BCUT2D eigenvalue weighted by atomic mass is 127. The SMILES string of the molecule is CC(C)OC(=O)CNC(=O)CNC(=O)c1ccccc1I. The number of amides is 2. The molecule has 0 spiro atoms. The lowest BCUT2D eigenvalue weighted by Crippen LogP contribution is -2.39. The first-order valence-corrected chi connectivity index (χ1v) is 7.47. The van der Waals surface area contributed by atoms with Crippen LogP contribution in [0.1, 0.15) is 24.2 Å². The van der Waals surface area contributed by atoms with E-state index >= 15 is 0 Å². The van der Waals surface area contributed by atoms with Gasteiger partial charge in [-0.2, -0.15) is 0 Å². The summed E-state index contributed by atoms with van der Waals surface area (Å²) in [5.74, 6) is -1.29. The Hall–Kier alpha value is -1.64. The van der Waals surface area contributed by atoms with Crippen LogP contribution in [0.3, 0.4) is 0 Å². The first kappa shape index (κ1) is 17.4. The van der Waals surface area contributed by atoms with E-state index in [1.54, 1.807) is 32.0 Å². The monoisotopic (exact) mass is 404 g/mol. The van der Waals surface area contributed by atoms with Crippen molar-refractivity contribution in [2.45, 2.75) is 20.0 Å². The van der Waals surface area contributed by atoms with Gasteiger partial charge in [0.25, 0.3) is 5.91 Å². The molecule has 7 heteroatoms. The fourth-order valence-corrected chi connectivity index (χ4v) is 2.07. The normalized spacial score (nSPS) is 10.1. The van der Waals surface area contributed by atoms with Crippen LogP contribution >= 0.6 is 22.6 Å². The maximum Gasteiger partial charge on any atom is 0.325 e. The molecule has 1 aromatic carbocycles. The largest absolute Gasteiger partial charge is 0.462 e. The van der Waals surface area contributed by atoms with E-state index < -0.39 is 11.9 Å². The molecule has 0 aliphatic carbocycles. The number of hydrogen-bond acceptors (Lipinski definition) is 4. The molecule has 21 heavy (non-hydrogen) atoms. The molecule has 0 heterocycles. The molecule has 0 saturated heterocycles. The van der Waals surface area contributed by atoms with Crippen molar-refractivity contribution in [1.82, 2.24) is 10.6 Å². The van der Waals surface area contributed by atoms with Crippen molar-refractivity contribution in [2.24, 2.45) is 0 Å². The Morgan fingerprint density at radius 2 is 1.81 bits per heavy atom. The first-order chi connectivity index (χ1) is 9.90. The Morgan fingerprint density at radius 1 is 1.14 bits per heavy atom. The van der Waals surface area contributed by atoms with Crippen LogP contribution in [0.25, 0.3) is 0 Å². The van der Waals surface area contributed by atoms with Gasteiger partial charge in [0, 0.05) is 3.57 Å². The number of rotatable bonds is 6. The van der Waals surface area contributed by atoms with Crippen LogP contribution in [0.4, 0.5) is 0 Å². The number of nitrogens with one attached hydrogen (secondary N) is 2. The lowest BCUT2D eigenvalue weighted by Gasteiger charge is -2.09. The van der Waals surface area contributed by atoms with E-state index in [1.807, 2.05) is 28.7 Å². The fourth-order valence-electron chi connectivity index (χ4n) is 1.44. The highest BCUT2D eigenvalue weighted by molar-refractivity contribution is 14.1. The van der Waals surface area contributed by atoms with Gasteiger partial charge >= 0.3 is 5.97 Å². The molecule has 1 rings (SSSR count). The Labute approximate surface area is 136 Å². The topological polar surface area (TPSA) is 84.5 Å². The Balaban J connectivity index is 2.35. The van der Waals surface area contributed by atoms with Gasteiger partial charge in [-0.25, -0.2) is 0 Å². The summed E-state index contributed by atoms with van der Waals surface area (Å²) in [6.45, 7) is 3.04. The highest BCUT2D eigenvalue weighted by Gasteiger charge is 2.12. The number of benzene rings is 1. The van der Waals surface area contributed by atoms with Gasteiger partial charge in [-0.3, -0.25) is 14.4 Å². The third-order valence-electron chi connectivity index (χ3n) is 2.33. The van der Waals surface area contributed by atoms with Crippen molar-refractivity contribution < 1.29 is 19.1 Å². The lowest BCUT2D eigenvalue weighted by molar-refractivity contribution is -0.147. The molecule has 1 aromatic rings. The Morgan fingerprint density at radius 3 is 2.43 bits per heavy atom. The quantitative estimate of drug-likeness (QED) is 0.549. The molecule has 2 N–H and O–H groups in total. The minimum absolute atomic E-state index is 0.196. The van der Waals surface area contributed by atoms with Gasteiger partial charge in [0.15, 0.2) is 0 Å². The standard InChI is InChI=1S/C14H17IN2O4/c1-9(2)21-13(19)8-16-12(18)7-17-14(20)10-5-3-4-6-11(10)15/h3-6,9H,7-8H2,1-2H3,(H,16,18)(H,17,20). The lowest BCUT2D eigenvalue weighted by atomic mass is 10.2. The second-order valence-corrected chi connectivity index (χ2v) is 5.64. The summed E-state index contributed by atoms with van der Waals surface area (Å²) < 4.78 is 5.67. The van der Waals surface area contributed by atoms with Crippen LogP contribution < -0.4 is 10.6 Å². The maximum atomic E-state index is 11.9. The summed E-state index contributed by atoms with van der Waals surface area (Å²) in [4.78, 5) is 34.6. The van der Waals surface area contributed by atoms with E-state index in [-0.39, 0.29) is 25.1 Å². The molecule has 0 bridgehead atoms.